The summed E-state index contributed by atoms with van der Waals surface area (Å²) in [5, 5.41) is 0.757. The van der Waals surface area contributed by atoms with E-state index in [1.54, 1.807) is 24.5 Å². The summed E-state index contributed by atoms with van der Waals surface area (Å²) in [6.07, 6.45) is 4.17. The van der Waals surface area contributed by atoms with E-state index in [4.69, 9.17) is 0 Å². The number of carbonyl (C=O) groups excluding carboxylic acids is 1. The van der Waals surface area contributed by atoms with Gasteiger partial charge in [-0.15, -0.1) is 0 Å². The van der Waals surface area contributed by atoms with Gasteiger partial charge < -0.3 is 0 Å². The van der Waals surface area contributed by atoms with Crippen LogP contribution < -0.4 is 0 Å². The maximum atomic E-state index is 11.1. The van der Waals surface area contributed by atoms with Crippen LogP contribution in [0.4, 0.5) is 0 Å². The normalized spacial score (nSPS) is 10.4. The maximum Gasteiger partial charge on any atom is 0.160 e. The van der Waals surface area contributed by atoms with E-state index in [2.05, 4.69) is 15.0 Å². The molecule has 4 heteroatoms. The van der Waals surface area contributed by atoms with Gasteiger partial charge in [-0.3, -0.25) is 9.78 Å². The Kier molecular flexibility index (Phi) is 2.53. The minimum absolute atomic E-state index is 0.558. The molecule has 4 nitrogen and oxygen atoms in total. The topological polar surface area (TPSA) is 55.7 Å². The van der Waals surface area contributed by atoms with E-state index in [1.807, 2.05) is 24.3 Å². The summed E-state index contributed by atoms with van der Waals surface area (Å²) in [6.45, 7) is 0. The molecule has 0 spiro atoms. The molecule has 0 aliphatic rings. The molecule has 3 heterocycles. The Balaban J connectivity index is 2.29. The van der Waals surface area contributed by atoms with Crippen LogP contribution in [0.3, 0.4) is 0 Å². The quantitative estimate of drug-likeness (QED) is 0.640. The van der Waals surface area contributed by atoms with E-state index in [-0.39, 0.29) is 0 Å². The second kappa shape index (κ2) is 4.33. The molecule has 0 aliphatic carbocycles. The molecule has 3 aromatic rings. The maximum absolute atomic E-state index is 11.1. The smallest absolute Gasteiger partial charge is 0.160 e. The summed E-state index contributed by atoms with van der Waals surface area (Å²) in [6, 6.07) is 10.9. The van der Waals surface area contributed by atoms with Gasteiger partial charge >= 0.3 is 0 Å². The zero-order valence-electron chi connectivity index (χ0n) is 9.45. The van der Waals surface area contributed by atoms with Gasteiger partial charge in [0.25, 0.3) is 0 Å². The molecule has 3 aromatic heterocycles. The zero-order chi connectivity index (χ0) is 12.4. The van der Waals surface area contributed by atoms with E-state index in [0.29, 0.717) is 16.9 Å². The molecule has 0 aromatic carbocycles. The summed E-state index contributed by atoms with van der Waals surface area (Å²) < 4.78 is 0. The van der Waals surface area contributed by atoms with Crippen molar-refractivity contribution in [2.24, 2.45) is 0 Å². The summed E-state index contributed by atoms with van der Waals surface area (Å²) in [5.41, 5.74) is 2.52. The van der Waals surface area contributed by atoms with Crippen LogP contribution in [0, 0.1) is 0 Å². The van der Waals surface area contributed by atoms with Gasteiger partial charge in [0, 0.05) is 23.3 Å². The van der Waals surface area contributed by atoms with Crippen molar-refractivity contribution in [2.45, 2.75) is 0 Å². The van der Waals surface area contributed by atoms with Crippen LogP contribution >= 0.6 is 0 Å². The monoisotopic (exact) mass is 235 g/mol. The van der Waals surface area contributed by atoms with Crippen LogP contribution in [0.15, 0.2) is 48.8 Å². The number of aldehydes is 1. The predicted octanol–water partition coefficient (Wildman–Crippen LogP) is 2.50. The largest absolute Gasteiger partial charge is 0.298 e. The summed E-state index contributed by atoms with van der Waals surface area (Å²) in [5.74, 6) is 0. The molecule has 0 fully saturated rings. The van der Waals surface area contributed by atoms with Crippen LogP contribution in [0.2, 0.25) is 0 Å². The molecule has 0 radical (unpaired) electrons. The number of hydrogen-bond acceptors (Lipinski definition) is 4. The third kappa shape index (κ3) is 1.73. The van der Waals surface area contributed by atoms with E-state index in [0.717, 1.165) is 17.4 Å². The fourth-order valence-corrected chi connectivity index (χ4v) is 1.83. The van der Waals surface area contributed by atoms with Crippen molar-refractivity contribution in [3.8, 4) is 11.4 Å². The average Bonchev–Trinajstić information content (AvgIpc) is 2.47. The first-order chi connectivity index (χ1) is 8.88. The Morgan fingerprint density at radius 2 is 1.83 bits per heavy atom. The molecule has 0 aliphatic heterocycles. The van der Waals surface area contributed by atoms with Crippen LogP contribution in [0.25, 0.3) is 22.4 Å². The first kappa shape index (κ1) is 10.5. The Morgan fingerprint density at radius 3 is 2.61 bits per heavy atom. The number of carbonyl (C=O) groups is 1. The molecular weight excluding hydrogens is 226 g/mol. The number of fused-ring (bicyclic) bond motifs is 1. The van der Waals surface area contributed by atoms with E-state index < -0.39 is 0 Å². The van der Waals surface area contributed by atoms with Gasteiger partial charge in [0.1, 0.15) is 0 Å². The molecule has 0 saturated heterocycles. The molecule has 86 valence electrons. The highest BCUT2D eigenvalue weighted by Crippen LogP contribution is 2.20. The van der Waals surface area contributed by atoms with Gasteiger partial charge in [-0.05, 0) is 30.3 Å². The van der Waals surface area contributed by atoms with Crippen LogP contribution in [-0.2, 0) is 0 Å². The summed E-state index contributed by atoms with van der Waals surface area (Å²) in [4.78, 5) is 24.0. The number of pyridine rings is 3. The van der Waals surface area contributed by atoms with Gasteiger partial charge in [0.15, 0.2) is 11.9 Å². The van der Waals surface area contributed by atoms with E-state index in [1.165, 1.54) is 0 Å². The Morgan fingerprint density at radius 1 is 0.944 bits per heavy atom. The second-order valence-corrected chi connectivity index (χ2v) is 3.80. The molecule has 0 bridgehead atoms. The highest BCUT2D eigenvalue weighted by atomic mass is 16.1. The van der Waals surface area contributed by atoms with Crippen molar-refractivity contribution >= 4 is 17.3 Å². The van der Waals surface area contributed by atoms with Crippen molar-refractivity contribution in [2.75, 3.05) is 0 Å². The minimum Gasteiger partial charge on any atom is -0.298 e. The first-order valence-corrected chi connectivity index (χ1v) is 5.51. The number of aromatic nitrogens is 3. The van der Waals surface area contributed by atoms with Crippen molar-refractivity contribution < 1.29 is 4.79 Å². The number of nitrogens with zero attached hydrogens (tertiary/aromatic N) is 3. The molecule has 18 heavy (non-hydrogen) atoms. The van der Waals surface area contributed by atoms with Crippen molar-refractivity contribution in [3.05, 3.63) is 54.4 Å². The van der Waals surface area contributed by atoms with Gasteiger partial charge in [-0.1, -0.05) is 6.07 Å². The lowest BCUT2D eigenvalue weighted by atomic mass is 10.1. The molecule has 0 amide bonds. The first-order valence-electron chi connectivity index (χ1n) is 5.51. The highest BCUT2D eigenvalue weighted by Gasteiger charge is 2.07. The fraction of sp³-hybridized carbons (Fsp3) is 0. The number of hydrogen-bond donors (Lipinski definition) is 0. The Bertz CT molecular complexity index is 711. The SMILES string of the molecule is O=Cc1cc(-c2ccccn2)nc2ncccc12. The minimum atomic E-state index is 0.558. The molecular formula is C14H9N3O. The fourth-order valence-electron chi connectivity index (χ4n) is 1.83. The van der Waals surface area contributed by atoms with Gasteiger partial charge in [-0.2, -0.15) is 0 Å². The molecule has 0 unspecified atom stereocenters. The van der Waals surface area contributed by atoms with Crippen molar-refractivity contribution in [3.63, 3.8) is 0 Å². The van der Waals surface area contributed by atoms with Crippen LogP contribution in [0.1, 0.15) is 10.4 Å². The van der Waals surface area contributed by atoms with Crippen LogP contribution in [0.5, 0.6) is 0 Å². The van der Waals surface area contributed by atoms with Gasteiger partial charge in [0.05, 0.1) is 11.4 Å². The standard InChI is InChI=1S/C14H9N3O/c18-9-10-8-13(12-5-1-2-6-15-12)17-14-11(10)4-3-7-16-14/h1-9H. The van der Waals surface area contributed by atoms with Crippen molar-refractivity contribution in [1.29, 1.82) is 0 Å². The van der Waals surface area contributed by atoms with Gasteiger partial charge in [0.2, 0.25) is 0 Å². The molecule has 3 rings (SSSR count). The predicted molar refractivity (Wildman–Crippen MR) is 68.2 cm³/mol. The summed E-state index contributed by atoms with van der Waals surface area (Å²) >= 11 is 0. The van der Waals surface area contributed by atoms with Crippen molar-refractivity contribution in [1.82, 2.24) is 15.0 Å². The lowest BCUT2D eigenvalue weighted by Gasteiger charge is -2.04. The molecule has 0 atom stereocenters. The third-order valence-corrected chi connectivity index (χ3v) is 2.67. The lowest BCUT2D eigenvalue weighted by Crippen LogP contribution is -1.94. The second-order valence-electron chi connectivity index (χ2n) is 3.80. The Labute approximate surface area is 103 Å². The summed E-state index contributed by atoms with van der Waals surface area (Å²) in [7, 11) is 0. The zero-order valence-corrected chi connectivity index (χ0v) is 9.45. The third-order valence-electron chi connectivity index (χ3n) is 2.67. The average molecular weight is 235 g/mol. The Hall–Kier alpha value is -2.62. The molecule has 0 saturated carbocycles. The lowest BCUT2D eigenvalue weighted by molar-refractivity contribution is 0.112. The van der Waals surface area contributed by atoms with Crippen LogP contribution in [-0.4, -0.2) is 21.2 Å². The highest BCUT2D eigenvalue weighted by molar-refractivity contribution is 5.96. The van der Waals surface area contributed by atoms with E-state index in [9.17, 15) is 4.79 Å². The van der Waals surface area contributed by atoms with Gasteiger partial charge in [-0.25, -0.2) is 9.97 Å². The van der Waals surface area contributed by atoms with E-state index >= 15 is 0 Å². The molecule has 0 N–H and O–H groups in total. The number of rotatable bonds is 2.